The second kappa shape index (κ2) is 12.7. The van der Waals surface area contributed by atoms with E-state index in [-0.39, 0.29) is 0 Å². The van der Waals surface area contributed by atoms with Crippen LogP contribution in [0, 0.1) is 11.8 Å². The van der Waals surface area contributed by atoms with Gasteiger partial charge in [-0.2, -0.15) is 0 Å². The Morgan fingerprint density at radius 2 is 0.771 bits per heavy atom. The van der Waals surface area contributed by atoms with Gasteiger partial charge in [0.15, 0.2) is 0 Å². The molecule has 0 amide bonds. The maximum absolute atomic E-state index is 7.59. The Morgan fingerprint density at radius 3 is 1.12 bits per heavy atom. The van der Waals surface area contributed by atoms with Gasteiger partial charge in [0.2, 0.25) is 0 Å². The van der Waals surface area contributed by atoms with Crippen molar-refractivity contribution in [2.45, 2.75) is 37.9 Å². The molecular formula is C44H38O2P2. The Labute approximate surface area is 286 Å². The lowest BCUT2D eigenvalue weighted by atomic mass is 9.68. The van der Waals surface area contributed by atoms with Crippen molar-refractivity contribution in [3.63, 3.8) is 0 Å². The topological polar surface area (TPSA) is 18.5 Å². The average molecular weight is 661 g/mol. The molecule has 2 heterocycles. The molecule has 1 saturated carbocycles. The monoisotopic (exact) mass is 660 g/mol. The van der Waals surface area contributed by atoms with Crippen LogP contribution in [0.25, 0.3) is 0 Å². The highest BCUT2D eigenvalue weighted by atomic mass is 31.1. The van der Waals surface area contributed by atoms with Crippen molar-refractivity contribution in [3.05, 3.63) is 169 Å². The van der Waals surface area contributed by atoms with E-state index < -0.39 is 21.6 Å². The van der Waals surface area contributed by atoms with Crippen molar-refractivity contribution in [2.24, 2.45) is 11.8 Å². The Kier molecular flexibility index (Phi) is 7.89. The zero-order valence-electron chi connectivity index (χ0n) is 26.9. The molecule has 0 saturated heterocycles. The van der Waals surface area contributed by atoms with Gasteiger partial charge in [0.05, 0.1) is 0 Å². The first kappa shape index (κ1) is 29.9. The smallest absolute Gasteiger partial charge is 0.257 e. The van der Waals surface area contributed by atoms with Crippen molar-refractivity contribution >= 4 is 47.7 Å². The Hall–Kier alpha value is -4.22. The quantitative estimate of drug-likeness (QED) is 0.169. The number of para-hydroxylation sites is 2. The minimum absolute atomic E-state index is 0.305. The summed E-state index contributed by atoms with van der Waals surface area (Å²) in [6, 6.07) is 57.7. The van der Waals surface area contributed by atoms with Crippen molar-refractivity contribution in [1.82, 2.24) is 0 Å². The van der Waals surface area contributed by atoms with Crippen LogP contribution in [0.5, 0.6) is 11.5 Å². The molecule has 4 heteroatoms. The number of benzene rings is 6. The summed E-state index contributed by atoms with van der Waals surface area (Å²) in [6.07, 6.45) is 5.42. The van der Waals surface area contributed by atoms with Crippen LogP contribution < -0.4 is 41.3 Å². The molecule has 6 aromatic carbocycles. The van der Waals surface area contributed by atoms with Crippen LogP contribution in [0.2, 0.25) is 0 Å². The van der Waals surface area contributed by atoms with Crippen LogP contribution in [0.4, 0.5) is 0 Å². The Bertz CT molecular complexity index is 1800. The van der Waals surface area contributed by atoms with Crippen molar-refractivity contribution in [1.29, 1.82) is 0 Å². The maximum Gasteiger partial charge on any atom is 0.257 e. The number of hydrogen-bond donors (Lipinski definition) is 0. The van der Waals surface area contributed by atoms with Crippen LogP contribution in [-0.4, -0.2) is 5.79 Å². The molecule has 0 aromatic heterocycles. The summed E-state index contributed by atoms with van der Waals surface area (Å²) in [6.45, 7) is 0. The molecule has 0 N–H and O–H groups in total. The van der Waals surface area contributed by atoms with Crippen LogP contribution in [0.15, 0.2) is 158 Å². The van der Waals surface area contributed by atoms with E-state index in [4.69, 9.17) is 9.47 Å². The molecule has 236 valence electrons. The average Bonchev–Trinajstić information content (AvgIpc) is 3.15. The third kappa shape index (κ3) is 5.18. The fourth-order valence-electron chi connectivity index (χ4n) is 8.25. The lowest BCUT2D eigenvalue weighted by molar-refractivity contribution is -0.225. The van der Waals surface area contributed by atoms with Gasteiger partial charge in [-0.25, -0.2) is 0 Å². The fraction of sp³-hybridized carbons (Fsp3) is 0.182. The summed E-state index contributed by atoms with van der Waals surface area (Å²) in [5, 5.41) is 7.92. The number of rotatable bonds is 6. The van der Waals surface area contributed by atoms with E-state index in [0.717, 1.165) is 37.2 Å². The van der Waals surface area contributed by atoms with E-state index in [1.807, 2.05) is 0 Å². The second-order valence-electron chi connectivity index (χ2n) is 13.2. The predicted octanol–water partition coefficient (Wildman–Crippen LogP) is 7.89. The first-order valence-corrected chi connectivity index (χ1v) is 19.9. The Morgan fingerprint density at radius 1 is 0.417 bits per heavy atom. The molecule has 3 aliphatic rings. The molecule has 2 nitrogen and oxygen atoms in total. The van der Waals surface area contributed by atoms with Gasteiger partial charge in [-0.3, -0.25) is 0 Å². The third-order valence-electron chi connectivity index (χ3n) is 10.4. The molecule has 48 heavy (non-hydrogen) atoms. The third-order valence-corrected chi connectivity index (χ3v) is 15.3. The molecule has 0 radical (unpaired) electrons. The largest absolute Gasteiger partial charge is 0.451 e. The minimum Gasteiger partial charge on any atom is -0.451 e. The van der Waals surface area contributed by atoms with Gasteiger partial charge in [0, 0.05) is 22.4 Å². The van der Waals surface area contributed by atoms with Gasteiger partial charge in [-0.1, -0.05) is 164 Å². The molecule has 0 bridgehead atoms. The van der Waals surface area contributed by atoms with Crippen LogP contribution in [0.1, 0.15) is 30.4 Å². The second-order valence-corrected chi connectivity index (χ2v) is 17.6. The molecule has 2 atom stereocenters. The molecule has 2 unspecified atom stereocenters. The first-order chi connectivity index (χ1) is 23.8. The van der Waals surface area contributed by atoms with E-state index in [1.165, 1.54) is 49.4 Å². The molecular weight excluding hydrogens is 622 g/mol. The molecule has 6 aromatic rings. The SMILES string of the molecule is c1ccc(P(c2ccccc2)c2cccc3c2OC24Oc5c(cccc5P(c5ccccc5)c5ccccc5)CC2CCCC4C3)cc1. The van der Waals surface area contributed by atoms with Gasteiger partial charge in [0.25, 0.3) is 5.79 Å². The molecule has 1 spiro atoms. The highest BCUT2D eigenvalue weighted by Gasteiger charge is 2.57. The lowest BCUT2D eigenvalue weighted by Gasteiger charge is -2.54. The highest BCUT2D eigenvalue weighted by molar-refractivity contribution is 7.80. The van der Waals surface area contributed by atoms with E-state index >= 15 is 0 Å². The Balaban J connectivity index is 1.19. The summed E-state index contributed by atoms with van der Waals surface area (Å²) in [5.41, 5.74) is 2.64. The molecule has 1 fully saturated rings. The zero-order chi connectivity index (χ0) is 31.9. The van der Waals surface area contributed by atoms with Crippen molar-refractivity contribution in [3.8, 4) is 11.5 Å². The van der Waals surface area contributed by atoms with Crippen molar-refractivity contribution in [2.75, 3.05) is 0 Å². The summed E-state index contributed by atoms with van der Waals surface area (Å²) >= 11 is 0. The number of fused-ring (bicyclic) bond motifs is 2. The van der Waals surface area contributed by atoms with Crippen LogP contribution in [0.3, 0.4) is 0 Å². The maximum atomic E-state index is 7.59. The summed E-state index contributed by atoms with van der Waals surface area (Å²) in [7, 11) is -1.64. The van der Waals surface area contributed by atoms with E-state index in [2.05, 4.69) is 158 Å². The van der Waals surface area contributed by atoms with Gasteiger partial charge in [0.1, 0.15) is 11.5 Å². The van der Waals surface area contributed by atoms with Gasteiger partial charge in [-0.05, 0) is 73.9 Å². The summed E-state index contributed by atoms with van der Waals surface area (Å²) < 4.78 is 15.2. The van der Waals surface area contributed by atoms with Crippen LogP contribution >= 0.6 is 15.8 Å². The van der Waals surface area contributed by atoms with E-state index in [0.29, 0.717) is 11.8 Å². The zero-order valence-corrected chi connectivity index (χ0v) is 28.7. The number of hydrogen-bond acceptors (Lipinski definition) is 2. The first-order valence-electron chi connectivity index (χ1n) is 17.2. The van der Waals surface area contributed by atoms with E-state index in [9.17, 15) is 0 Å². The number of ether oxygens (including phenoxy) is 2. The summed E-state index contributed by atoms with van der Waals surface area (Å²) in [5.74, 6) is 2.02. The molecule has 9 rings (SSSR count). The predicted molar refractivity (Wildman–Crippen MR) is 203 cm³/mol. The minimum atomic E-state index is -0.820. The van der Waals surface area contributed by atoms with Crippen LogP contribution in [-0.2, 0) is 12.8 Å². The fourth-order valence-corrected chi connectivity index (χ4v) is 13.1. The molecule has 2 aliphatic heterocycles. The van der Waals surface area contributed by atoms with Gasteiger partial charge in [-0.15, -0.1) is 0 Å². The normalized spacial score (nSPS) is 20.9. The van der Waals surface area contributed by atoms with Crippen molar-refractivity contribution < 1.29 is 9.47 Å². The standard InChI is InChI=1S/C44H38O2P2/c1-5-20-36(21-6-1)47(37-22-7-2-8-23-37)40-28-13-16-32-30-34-18-15-19-35-31-33-17-14-29-41(43(33)46-44(34,35)45-42(32)40)48(38-24-9-3-10-25-38)39-26-11-4-12-27-39/h1-14,16-17,20-29,34-35H,15,18-19,30-31H2. The van der Waals surface area contributed by atoms with Gasteiger partial charge < -0.3 is 9.47 Å². The van der Waals surface area contributed by atoms with E-state index in [1.54, 1.807) is 0 Å². The highest BCUT2D eigenvalue weighted by Crippen LogP contribution is 2.55. The summed E-state index contributed by atoms with van der Waals surface area (Å²) in [4.78, 5) is 0. The molecule has 1 aliphatic carbocycles. The lowest BCUT2D eigenvalue weighted by Crippen LogP contribution is -2.62. The van der Waals surface area contributed by atoms with Gasteiger partial charge >= 0.3 is 0 Å².